The van der Waals surface area contributed by atoms with Gasteiger partial charge in [-0.05, 0) is 43.9 Å². The lowest BCUT2D eigenvalue weighted by atomic mass is 9.85. The second-order valence-electron chi connectivity index (χ2n) is 9.02. The fourth-order valence-corrected chi connectivity index (χ4v) is 5.09. The summed E-state index contributed by atoms with van der Waals surface area (Å²) in [5, 5.41) is 3.22. The number of nitrogens with one attached hydrogen (secondary N) is 1. The van der Waals surface area contributed by atoms with E-state index < -0.39 is 11.4 Å². The largest absolute Gasteiger partial charge is 0.463 e. The lowest BCUT2D eigenvalue weighted by Gasteiger charge is -2.45. The second kappa shape index (κ2) is 7.25. The predicted molar refractivity (Wildman–Crippen MR) is 115 cm³/mol. The Balaban J connectivity index is 1.60. The number of hydrogen-bond donors (Lipinski definition) is 1. The number of rotatable bonds is 3. The summed E-state index contributed by atoms with van der Waals surface area (Å²) in [4.78, 5) is 28.8. The first-order valence-corrected chi connectivity index (χ1v) is 10.9. The third-order valence-corrected chi connectivity index (χ3v) is 6.89. The summed E-state index contributed by atoms with van der Waals surface area (Å²) in [6.45, 7) is 4.16. The van der Waals surface area contributed by atoms with E-state index in [1.54, 1.807) is 37.5 Å². The molecule has 7 heteroatoms. The molecule has 1 aliphatic carbocycles. The first kappa shape index (κ1) is 19.8. The fourth-order valence-electron chi connectivity index (χ4n) is 5.09. The molecule has 1 N–H and O–H groups in total. The summed E-state index contributed by atoms with van der Waals surface area (Å²) in [6.07, 6.45) is 5.82. The van der Waals surface area contributed by atoms with Gasteiger partial charge in [0.1, 0.15) is 17.1 Å². The van der Waals surface area contributed by atoms with Crippen molar-refractivity contribution in [3.05, 3.63) is 54.2 Å². The standard InChI is InChI=1S/C24H26FN3O3/c1-15-6-3-4-9-18(15)26-23(30)24(2)14-27-19-10-11-31-21(19)13-20(27)22(29)28(24)17-8-5-7-16(25)12-17/h5,7-8,10-13,15,18H,3-4,6,9,14H2,1-2H3,(H,26,30)/t15-,18+,24-/m1/s1. The van der Waals surface area contributed by atoms with Crippen molar-refractivity contribution in [1.29, 1.82) is 0 Å². The van der Waals surface area contributed by atoms with E-state index in [-0.39, 0.29) is 24.4 Å². The number of fused-ring (bicyclic) bond motifs is 3. The topological polar surface area (TPSA) is 67.5 Å². The number of aromatic nitrogens is 1. The van der Waals surface area contributed by atoms with Gasteiger partial charge in [-0.25, -0.2) is 4.39 Å². The third-order valence-electron chi connectivity index (χ3n) is 6.89. The normalized spacial score (nSPS) is 26.2. The van der Waals surface area contributed by atoms with Gasteiger partial charge in [0.15, 0.2) is 5.58 Å². The first-order chi connectivity index (χ1) is 14.9. The smallest absolute Gasteiger partial charge is 0.276 e. The summed E-state index contributed by atoms with van der Waals surface area (Å²) in [6, 6.07) is 9.40. The van der Waals surface area contributed by atoms with Crippen molar-refractivity contribution in [3.63, 3.8) is 0 Å². The highest BCUT2D eigenvalue weighted by atomic mass is 19.1. The molecule has 1 fully saturated rings. The maximum atomic E-state index is 14.1. The number of anilines is 1. The van der Waals surface area contributed by atoms with Gasteiger partial charge in [-0.3, -0.25) is 14.5 Å². The number of amides is 2. The Morgan fingerprint density at radius 3 is 2.81 bits per heavy atom. The van der Waals surface area contributed by atoms with Crippen molar-refractivity contribution in [3.8, 4) is 0 Å². The number of benzene rings is 1. The van der Waals surface area contributed by atoms with Crippen LogP contribution in [0.25, 0.3) is 11.1 Å². The molecule has 2 aromatic heterocycles. The van der Waals surface area contributed by atoms with Crippen LogP contribution in [0.3, 0.4) is 0 Å². The van der Waals surface area contributed by atoms with Gasteiger partial charge in [0, 0.05) is 23.9 Å². The van der Waals surface area contributed by atoms with Crippen LogP contribution in [0.5, 0.6) is 0 Å². The molecule has 2 aliphatic rings. The van der Waals surface area contributed by atoms with Crippen molar-refractivity contribution in [2.45, 2.75) is 57.7 Å². The molecule has 1 saturated carbocycles. The van der Waals surface area contributed by atoms with Crippen LogP contribution in [0.4, 0.5) is 10.1 Å². The Morgan fingerprint density at radius 1 is 1.23 bits per heavy atom. The quantitative estimate of drug-likeness (QED) is 0.675. The van der Waals surface area contributed by atoms with E-state index in [4.69, 9.17) is 4.42 Å². The molecule has 5 rings (SSSR count). The summed E-state index contributed by atoms with van der Waals surface area (Å²) in [7, 11) is 0. The van der Waals surface area contributed by atoms with Gasteiger partial charge >= 0.3 is 0 Å². The number of hydrogen-bond acceptors (Lipinski definition) is 3. The average Bonchev–Trinajstić information content (AvgIpc) is 3.32. The van der Waals surface area contributed by atoms with E-state index in [1.807, 2.05) is 4.57 Å². The SMILES string of the molecule is C[C@@H]1CCCC[C@@H]1NC(=O)[C@@]1(C)Cn2c(cc3occc32)C(=O)N1c1cccc(F)c1. The Hall–Kier alpha value is -3.09. The zero-order chi connectivity index (χ0) is 21.8. The minimum absolute atomic E-state index is 0.0718. The molecular formula is C24H26FN3O3. The number of halogens is 1. The third kappa shape index (κ3) is 3.14. The van der Waals surface area contributed by atoms with Crippen molar-refractivity contribution in [1.82, 2.24) is 9.88 Å². The molecule has 6 nitrogen and oxygen atoms in total. The molecular weight excluding hydrogens is 397 g/mol. The van der Waals surface area contributed by atoms with E-state index in [0.29, 0.717) is 22.9 Å². The van der Waals surface area contributed by atoms with E-state index in [1.165, 1.54) is 23.5 Å². The highest BCUT2D eigenvalue weighted by Crippen LogP contribution is 2.37. The summed E-state index contributed by atoms with van der Waals surface area (Å²) >= 11 is 0. The second-order valence-corrected chi connectivity index (χ2v) is 9.02. The molecule has 31 heavy (non-hydrogen) atoms. The highest BCUT2D eigenvalue weighted by molar-refractivity contribution is 6.13. The van der Waals surface area contributed by atoms with E-state index in [2.05, 4.69) is 12.2 Å². The minimum Gasteiger partial charge on any atom is -0.463 e. The number of carbonyl (C=O) groups is 2. The Bertz CT molecular complexity index is 1170. The first-order valence-electron chi connectivity index (χ1n) is 10.9. The van der Waals surface area contributed by atoms with Gasteiger partial charge in [-0.1, -0.05) is 25.8 Å². The highest BCUT2D eigenvalue weighted by Gasteiger charge is 2.49. The molecule has 3 heterocycles. The van der Waals surface area contributed by atoms with Crippen LogP contribution in [0, 0.1) is 11.7 Å². The molecule has 162 valence electrons. The molecule has 2 amide bonds. The minimum atomic E-state index is -1.22. The predicted octanol–water partition coefficient (Wildman–Crippen LogP) is 4.49. The van der Waals surface area contributed by atoms with Gasteiger partial charge in [-0.15, -0.1) is 0 Å². The molecule has 3 atom stereocenters. The molecule has 3 aromatic rings. The molecule has 0 radical (unpaired) electrons. The Kier molecular flexibility index (Phi) is 4.64. The molecule has 0 unspecified atom stereocenters. The van der Waals surface area contributed by atoms with Crippen LogP contribution >= 0.6 is 0 Å². The lowest BCUT2D eigenvalue weighted by Crippen LogP contribution is -2.65. The maximum Gasteiger partial charge on any atom is 0.276 e. The lowest BCUT2D eigenvalue weighted by molar-refractivity contribution is -0.127. The van der Waals surface area contributed by atoms with Gasteiger partial charge in [0.25, 0.3) is 5.91 Å². The number of carbonyl (C=O) groups excluding carboxylic acids is 2. The molecule has 1 aliphatic heterocycles. The van der Waals surface area contributed by atoms with Crippen molar-refractivity contribution >= 4 is 28.6 Å². The van der Waals surface area contributed by atoms with Crippen molar-refractivity contribution in [2.75, 3.05) is 4.90 Å². The fraction of sp³-hybridized carbons (Fsp3) is 0.417. The monoisotopic (exact) mass is 423 g/mol. The van der Waals surface area contributed by atoms with Crippen LogP contribution in [-0.4, -0.2) is 28.0 Å². The van der Waals surface area contributed by atoms with Crippen LogP contribution in [0.1, 0.15) is 50.0 Å². The Labute approximate surface area is 180 Å². The summed E-state index contributed by atoms with van der Waals surface area (Å²) < 4.78 is 21.4. The number of nitrogens with zero attached hydrogens (tertiary/aromatic N) is 2. The Morgan fingerprint density at radius 2 is 2.03 bits per heavy atom. The molecule has 0 saturated heterocycles. The van der Waals surface area contributed by atoms with Gasteiger partial charge < -0.3 is 14.3 Å². The van der Waals surface area contributed by atoms with Crippen molar-refractivity contribution < 1.29 is 18.4 Å². The number of furan rings is 1. The van der Waals surface area contributed by atoms with E-state index in [9.17, 15) is 14.0 Å². The van der Waals surface area contributed by atoms with Crippen LogP contribution in [0.2, 0.25) is 0 Å². The molecule has 0 spiro atoms. The van der Waals surface area contributed by atoms with Gasteiger partial charge in [-0.2, -0.15) is 0 Å². The summed E-state index contributed by atoms with van der Waals surface area (Å²) in [5.41, 5.74) is 0.928. The van der Waals surface area contributed by atoms with Gasteiger partial charge in [0.2, 0.25) is 5.91 Å². The summed E-state index contributed by atoms with van der Waals surface area (Å²) in [5.74, 6) is -0.646. The van der Waals surface area contributed by atoms with Crippen LogP contribution in [0.15, 0.2) is 47.1 Å². The van der Waals surface area contributed by atoms with E-state index >= 15 is 0 Å². The van der Waals surface area contributed by atoms with Crippen LogP contribution in [-0.2, 0) is 11.3 Å². The molecule has 1 aromatic carbocycles. The molecule has 0 bridgehead atoms. The maximum absolute atomic E-state index is 14.1. The van der Waals surface area contributed by atoms with Crippen LogP contribution < -0.4 is 10.2 Å². The van der Waals surface area contributed by atoms with Gasteiger partial charge in [0.05, 0.1) is 18.3 Å². The van der Waals surface area contributed by atoms with E-state index in [0.717, 1.165) is 24.8 Å². The van der Waals surface area contributed by atoms with Crippen molar-refractivity contribution in [2.24, 2.45) is 5.92 Å². The zero-order valence-electron chi connectivity index (χ0n) is 17.7. The zero-order valence-corrected chi connectivity index (χ0v) is 17.7. The average molecular weight is 423 g/mol.